The number of likely N-dealkylation sites (N-methyl/N-ethyl adjacent to an activating group) is 1. The number of carbonyl (C=O) groups excluding carboxylic acids is 2. The number of hydrogen-bond donors (Lipinski definition) is 1. The molecule has 180 valence electrons. The first kappa shape index (κ1) is 25.5. The Labute approximate surface area is 204 Å². The van der Waals surface area contributed by atoms with Crippen molar-refractivity contribution in [2.75, 3.05) is 19.8 Å². The van der Waals surface area contributed by atoms with Gasteiger partial charge in [-0.15, -0.1) is 0 Å². The number of nitrogens with zero attached hydrogens (tertiary/aromatic N) is 2. The quantitative estimate of drug-likeness (QED) is 0.458. The Kier molecular flexibility index (Phi) is 8.49. The Hall–Kier alpha value is -3.14. The first-order chi connectivity index (χ1) is 16.1. The third kappa shape index (κ3) is 6.93. The van der Waals surface area contributed by atoms with E-state index in [0.717, 1.165) is 16.1 Å². The minimum absolute atomic E-state index is 0.0708. The van der Waals surface area contributed by atoms with Crippen LogP contribution in [0.4, 0.5) is 0 Å². The molecule has 3 rings (SSSR count). The zero-order valence-electron chi connectivity index (χ0n) is 18.8. The topological polar surface area (TPSA) is 99.9 Å². The van der Waals surface area contributed by atoms with Crippen LogP contribution in [0.1, 0.15) is 22.9 Å². The van der Waals surface area contributed by atoms with Gasteiger partial charge in [0.2, 0.25) is 21.8 Å². The van der Waals surface area contributed by atoms with Gasteiger partial charge in [-0.1, -0.05) is 54.1 Å². The molecule has 0 fully saturated rings. The molecule has 2 aromatic carbocycles. The van der Waals surface area contributed by atoms with Crippen molar-refractivity contribution in [2.24, 2.45) is 0 Å². The van der Waals surface area contributed by atoms with E-state index in [1.165, 1.54) is 18.2 Å². The molecular weight excluding hydrogens is 478 g/mol. The molecule has 1 atom stereocenters. The van der Waals surface area contributed by atoms with Gasteiger partial charge >= 0.3 is 0 Å². The van der Waals surface area contributed by atoms with Crippen molar-refractivity contribution in [3.63, 3.8) is 0 Å². The second-order valence-electron chi connectivity index (χ2n) is 7.78. The smallest absolute Gasteiger partial charge is 0.247 e. The van der Waals surface area contributed by atoms with Crippen molar-refractivity contribution >= 4 is 33.4 Å². The summed E-state index contributed by atoms with van der Waals surface area (Å²) in [6, 6.07) is 18.2. The summed E-state index contributed by atoms with van der Waals surface area (Å²) in [6.07, 6.45) is 2.53. The van der Waals surface area contributed by atoms with Crippen LogP contribution in [0.25, 0.3) is 0 Å². The number of nitrogens with one attached hydrogen (secondary N) is 1. The Morgan fingerprint density at radius 3 is 2.29 bits per heavy atom. The zero-order valence-corrected chi connectivity index (χ0v) is 20.4. The van der Waals surface area contributed by atoms with Crippen molar-refractivity contribution in [2.45, 2.75) is 19.1 Å². The van der Waals surface area contributed by atoms with Crippen LogP contribution in [0, 0.1) is 0 Å². The van der Waals surface area contributed by atoms with Crippen molar-refractivity contribution in [3.8, 4) is 0 Å². The Morgan fingerprint density at radius 1 is 1.03 bits per heavy atom. The summed E-state index contributed by atoms with van der Waals surface area (Å²) in [7, 11) is -2.28. The minimum Gasteiger partial charge on any atom is -0.467 e. The average molecular weight is 504 g/mol. The number of amides is 2. The van der Waals surface area contributed by atoms with Gasteiger partial charge in [-0.2, -0.15) is 4.31 Å². The second kappa shape index (κ2) is 11.3. The SMILES string of the molecule is CN(CC(=O)N(Cc1ccc(Cl)cc1)C(C(=O)NCc1ccco1)c1ccccc1)S(C)(=O)=O. The number of furan rings is 1. The van der Waals surface area contributed by atoms with Gasteiger partial charge in [0.25, 0.3) is 0 Å². The summed E-state index contributed by atoms with van der Waals surface area (Å²) < 4.78 is 30.1. The summed E-state index contributed by atoms with van der Waals surface area (Å²) in [5.74, 6) is -0.385. The summed E-state index contributed by atoms with van der Waals surface area (Å²) >= 11 is 6.00. The molecule has 0 aliphatic heterocycles. The molecule has 1 aromatic heterocycles. The lowest BCUT2D eigenvalue weighted by Crippen LogP contribution is -2.47. The molecule has 10 heteroatoms. The van der Waals surface area contributed by atoms with Crippen LogP contribution in [0.15, 0.2) is 77.4 Å². The fraction of sp³-hybridized carbons (Fsp3) is 0.250. The molecule has 1 heterocycles. The molecule has 1 unspecified atom stereocenters. The maximum Gasteiger partial charge on any atom is 0.247 e. The van der Waals surface area contributed by atoms with E-state index in [4.69, 9.17) is 16.0 Å². The summed E-state index contributed by atoms with van der Waals surface area (Å²) in [6.45, 7) is -0.204. The molecule has 3 aromatic rings. The third-order valence-electron chi connectivity index (χ3n) is 5.20. The third-order valence-corrected chi connectivity index (χ3v) is 6.72. The second-order valence-corrected chi connectivity index (χ2v) is 10.3. The number of carbonyl (C=O) groups is 2. The van der Waals surface area contributed by atoms with Gasteiger partial charge in [0.1, 0.15) is 11.8 Å². The van der Waals surface area contributed by atoms with E-state index < -0.39 is 34.4 Å². The average Bonchev–Trinajstić information content (AvgIpc) is 3.32. The molecule has 0 radical (unpaired) electrons. The van der Waals surface area contributed by atoms with Gasteiger partial charge in [0, 0.05) is 18.6 Å². The van der Waals surface area contributed by atoms with Crippen LogP contribution in [0.3, 0.4) is 0 Å². The van der Waals surface area contributed by atoms with Gasteiger partial charge in [0.15, 0.2) is 0 Å². The number of sulfonamides is 1. The van der Waals surface area contributed by atoms with Crippen molar-refractivity contribution < 1.29 is 22.4 Å². The van der Waals surface area contributed by atoms with E-state index in [2.05, 4.69) is 5.32 Å². The van der Waals surface area contributed by atoms with Crippen LogP contribution < -0.4 is 5.32 Å². The number of hydrogen-bond acceptors (Lipinski definition) is 5. The Morgan fingerprint density at radius 2 is 1.71 bits per heavy atom. The monoisotopic (exact) mass is 503 g/mol. The van der Waals surface area contributed by atoms with E-state index in [1.54, 1.807) is 60.7 Å². The molecule has 0 aliphatic rings. The molecular formula is C24H26ClN3O5S. The van der Waals surface area contributed by atoms with Crippen LogP contribution >= 0.6 is 11.6 Å². The van der Waals surface area contributed by atoms with Gasteiger partial charge in [-0.05, 0) is 35.4 Å². The fourth-order valence-corrected chi connectivity index (χ4v) is 3.77. The van der Waals surface area contributed by atoms with Crippen molar-refractivity contribution in [1.29, 1.82) is 0 Å². The Balaban J connectivity index is 1.97. The normalized spacial score (nSPS) is 12.4. The van der Waals surface area contributed by atoms with Crippen LogP contribution in [0.2, 0.25) is 5.02 Å². The van der Waals surface area contributed by atoms with Crippen LogP contribution in [-0.4, -0.2) is 49.3 Å². The standard InChI is InChI=1S/C24H26ClN3O5S/c1-27(34(2,31)32)17-22(29)28(16-18-10-12-20(25)13-11-18)23(19-7-4-3-5-8-19)24(30)26-15-21-9-6-14-33-21/h3-14,23H,15-17H2,1-2H3,(H,26,30). The maximum atomic E-state index is 13.4. The molecule has 0 spiro atoms. The molecule has 0 aliphatic carbocycles. The van der Waals surface area contributed by atoms with E-state index >= 15 is 0 Å². The minimum atomic E-state index is -3.60. The molecule has 2 amide bonds. The fourth-order valence-electron chi connectivity index (χ4n) is 3.30. The predicted octanol–water partition coefficient (Wildman–Crippen LogP) is 3.21. The molecule has 0 bridgehead atoms. The zero-order chi connectivity index (χ0) is 24.7. The predicted molar refractivity (Wildman–Crippen MR) is 129 cm³/mol. The largest absolute Gasteiger partial charge is 0.467 e. The van der Waals surface area contributed by atoms with Crippen LogP contribution in [-0.2, 0) is 32.7 Å². The summed E-state index contributed by atoms with van der Waals surface area (Å²) in [5.41, 5.74) is 1.32. The van der Waals surface area contributed by atoms with E-state index in [9.17, 15) is 18.0 Å². The Bertz CT molecular complexity index is 1200. The highest BCUT2D eigenvalue weighted by molar-refractivity contribution is 7.88. The molecule has 0 saturated heterocycles. The lowest BCUT2D eigenvalue weighted by Gasteiger charge is -2.32. The summed E-state index contributed by atoms with van der Waals surface area (Å²) in [4.78, 5) is 28.2. The molecule has 0 saturated carbocycles. The number of halogens is 1. The summed E-state index contributed by atoms with van der Waals surface area (Å²) in [5, 5.41) is 3.35. The number of benzene rings is 2. The van der Waals surface area contributed by atoms with Crippen molar-refractivity contribution in [3.05, 3.63) is 94.9 Å². The first-order valence-corrected chi connectivity index (χ1v) is 12.7. The van der Waals surface area contributed by atoms with Gasteiger partial charge in [-0.3, -0.25) is 9.59 Å². The van der Waals surface area contributed by atoms with Gasteiger partial charge in [0.05, 0.1) is 25.6 Å². The van der Waals surface area contributed by atoms with E-state index in [0.29, 0.717) is 16.3 Å². The maximum absolute atomic E-state index is 13.4. The molecule has 8 nitrogen and oxygen atoms in total. The molecule has 1 N–H and O–H groups in total. The lowest BCUT2D eigenvalue weighted by molar-refractivity contribution is -0.141. The van der Waals surface area contributed by atoms with Crippen molar-refractivity contribution in [1.82, 2.24) is 14.5 Å². The first-order valence-electron chi connectivity index (χ1n) is 10.5. The lowest BCUT2D eigenvalue weighted by atomic mass is 10.0. The van der Waals surface area contributed by atoms with Gasteiger partial charge in [-0.25, -0.2) is 8.42 Å². The van der Waals surface area contributed by atoms with E-state index in [-0.39, 0.29) is 13.1 Å². The highest BCUT2D eigenvalue weighted by Crippen LogP contribution is 2.25. The number of rotatable bonds is 10. The molecule has 34 heavy (non-hydrogen) atoms. The van der Waals surface area contributed by atoms with E-state index in [1.807, 2.05) is 6.07 Å². The van der Waals surface area contributed by atoms with Gasteiger partial charge < -0.3 is 14.6 Å². The van der Waals surface area contributed by atoms with Crippen LogP contribution in [0.5, 0.6) is 0 Å². The highest BCUT2D eigenvalue weighted by Gasteiger charge is 2.33. The highest BCUT2D eigenvalue weighted by atomic mass is 35.5.